The van der Waals surface area contributed by atoms with Crippen LogP contribution in [0, 0.1) is 0 Å². The summed E-state index contributed by atoms with van der Waals surface area (Å²) in [5, 5.41) is 4.45. The Morgan fingerprint density at radius 1 is 1.39 bits per heavy atom. The number of ether oxygens (including phenoxy) is 1. The van der Waals surface area contributed by atoms with Crippen LogP contribution in [0.1, 0.15) is 12.7 Å². The summed E-state index contributed by atoms with van der Waals surface area (Å²) >= 11 is 0. The summed E-state index contributed by atoms with van der Waals surface area (Å²) in [6.45, 7) is 4.53. The van der Waals surface area contributed by atoms with Crippen molar-refractivity contribution >= 4 is 17.0 Å². The van der Waals surface area contributed by atoms with Gasteiger partial charge in [0, 0.05) is 25.6 Å². The molecule has 0 radical (unpaired) electrons. The standard InChI is InChI=1S/C15H19NO2/c1-12(11-16-7-8-17-2)9-14-10-13-5-3-4-6-15(13)18-14/h3-6,9-10,16H,7-8,11H2,1-2H3. The molecule has 0 aliphatic heterocycles. The third kappa shape index (κ3) is 3.45. The lowest BCUT2D eigenvalue weighted by Gasteiger charge is -2.03. The van der Waals surface area contributed by atoms with Gasteiger partial charge in [-0.2, -0.15) is 0 Å². The van der Waals surface area contributed by atoms with Crippen LogP contribution < -0.4 is 5.32 Å². The lowest BCUT2D eigenvalue weighted by molar-refractivity contribution is 0.200. The summed E-state index contributed by atoms with van der Waals surface area (Å²) in [5.74, 6) is 0.905. The smallest absolute Gasteiger partial charge is 0.134 e. The van der Waals surface area contributed by atoms with Gasteiger partial charge in [0.05, 0.1) is 6.61 Å². The molecule has 3 heteroatoms. The van der Waals surface area contributed by atoms with Gasteiger partial charge in [-0.25, -0.2) is 0 Å². The number of para-hydroxylation sites is 1. The van der Waals surface area contributed by atoms with Crippen molar-refractivity contribution in [2.75, 3.05) is 26.8 Å². The Balaban J connectivity index is 1.98. The minimum absolute atomic E-state index is 0.734. The average Bonchev–Trinajstić information content (AvgIpc) is 2.76. The number of hydrogen-bond donors (Lipinski definition) is 1. The van der Waals surface area contributed by atoms with Gasteiger partial charge in [0.25, 0.3) is 0 Å². The first kappa shape index (κ1) is 12.9. The molecule has 2 aromatic rings. The summed E-state index contributed by atoms with van der Waals surface area (Å²) in [6, 6.07) is 10.1. The van der Waals surface area contributed by atoms with Gasteiger partial charge in [-0.1, -0.05) is 23.8 Å². The summed E-state index contributed by atoms with van der Waals surface area (Å²) in [5.41, 5.74) is 2.18. The highest BCUT2D eigenvalue weighted by Gasteiger charge is 2.00. The largest absolute Gasteiger partial charge is 0.457 e. The molecule has 1 aromatic heterocycles. The monoisotopic (exact) mass is 245 g/mol. The fourth-order valence-corrected chi connectivity index (χ4v) is 1.83. The number of furan rings is 1. The van der Waals surface area contributed by atoms with Crippen LogP contribution in [0.25, 0.3) is 17.0 Å². The SMILES string of the molecule is COCCNCC(C)=Cc1cc2ccccc2o1. The van der Waals surface area contributed by atoms with Gasteiger partial charge in [0.15, 0.2) is 0 Å². The maximum absolute atomic E-state index is 5.74. The average molecular weight is 245 g/mol. The maximum Gasteiger partial charge on any atom is 0.134 e. The van der Waals surface area contributed by atoms with Crippen molar-refractivity contribution in [3.05, 3.63) is 41.7 Å². The van der Waals surface area contributed by atoms with Crippen LogP contribution >= 0.6 is 0 Å². The zero-order valence-electron chi connectivity index (χ0n) is 10.9. The Labute approximate surface area is 107 Å². The molecule has 0 aliphatic rings. The van der Waals surface area contributed by atoms with E-state index in [2.05, 4.69) is 30.4 Å². The van der Waals surface area contributed by atoms with E-state index in [4.69, 9.17) is 9.15 Å². The van der Waals surface area contributed by atoms with E-state index in [0.29, 0.717) is 0 Å². The van der Waals surface area contributed by atoms with E-state index in [-0.39, 0.29) is 0 Å². The van der Waals surface area contributed by atoms with Crippen molar-refractivity contribution in [3.8, 4) is 0 Å². The second-order valence-electron chi connectivity index (χ2n) is 4.35. The zero-order chi connectivity index (χ0) is 12.8. The Morgan fingerprint density at radius 2 is 2.22 bits per heavy atom. The van der Waals surface area contributed by atoms with Crippen LogP contribution in [-0.4, -0.2) is 26.8 Å². The topological polar surface area (TPSA) is 34.4 Å². The molecular weight excluding hydrogens is 226 g/mol. The predicted octanol–water partition coefficient (Wildman–Crippen LogP) is 3.07. The van der Waals surface area contributed by atoms with Crippen molar-refractivity contribution < 1.29 is 9.15 Å². The quantitative estimate of drug-likeness (QED) is 0.794. The highest BCUT2D eigenvalue weighted by molar-refractivity contribution is 5.79. The molecule has 0 saturated heterocycles. The van der Waals surface area contributed by atoms with Crippen LogP contribution in [0.2, 0.25) is 0 Å². The van der Waals surface area contributed by atoms with Gasteiger partial charge >= 0.3 is 0 Å². The first-order chi connectivity index (χ1) is 8.79. The molecular formula is C15H19NO2. The second-order valence-corrected chi connectivity index (χ2v) is 4.35. The number of rotatable bonds is 6. The molecule has 0 fully saturated rings. The van der Waals surface area contributed by atoms with Gasteiger partial charge in [-0.05, 0) is 25.1 Å². The molecule has 0 amide bonds. The number of benzene rings is 1. The third-order valence-electron chi connectivity index (χ3n) is 2.72. The van der Waals surface area contributed by atoms with E-state index in [9.17, 15) is 0 Å². The van der Waals surface area contributed by atoms with Gasteiger partial charge in [0.2, 0.25) is 0 Å². The minimum Gasteiger partial charge on any atom is -0.457 e. The van der Waals surface area contributed by atoms with Gasteiger partial charge in [-0.3, -0.25) is 0 Å². The van der Waals surface area contributed by atoms with Crippen molar-refractivity contribution in [3.63, 3.8) is 0 Å². The van der Waals surface area contributed by atoms with E-state index in [0.717, 1.165) is 36.4 Å². The van der Waals surface area contributed by atoms with E-state index in [1.54, 1.807) is 7.11 Å². The van der Waals surface area contributed by atoms with Gasteiger partial charge in [0.1, 0.15) is 11.3 Å². The summed E-state index contributed by atoms with van der Waals surface area (Å²) in [6.07, 6.45) is 2.07. The molecule has 0 atom stereocenters. The first-order valence-corrected chi connectivity index (χ1v) is 6.15. The zero-order valence-corrected chi connectivity index (χ0v) is 10.9. The number of fused-ring (bicyclic) bond motifs is 1. The molecule has 18 heavy (non-hydrogen) atoms. The summed E-state index contributed by atoms with van der Waals surface area (Å²) in [7, 11) is 1.71. The van der Waals surface area contributed by atoms with Crippen LogP contribution in [0.15, 0.2) is 40.3 Å². The highest BCUT2D eigenvalue weighted by atomic mass is 16.5. The lowest BCUT2D eigenvalue weighted by Crippen LogP contribution is -2.20. The third-order valence-corrected chi connectivity index (χ3v) is 2.72. The molecule has 0 bridgehead atoms. The maximum atomic E-state index is 5.74. The first-order valence-electron chi connectivity index (χ1n) is 6.15. The minimum atomic E-state index is 0.734. The van der Waals surface area contributed by atoms with E-state index in [1.165, 1.54) is 5.57 Å². The van der Waals surface area contributed by atoms with E-state index < -0.39 is 0 Å². The fourth-order valence-electron chi connectivity index (χ4n) is 1.83. The molecule has 1 N–H and O–H groups in total. The molecule has 1 aromatic carbocycles. The number of hydrogen-bond acceptors (Lipinski definition) is 3. The van der Waals surface area contributed by atoms with Crippen molar-refractivity contribution in [2.24, 2.45) is 0 Å². The summed E-state index contributed by atoms with van der Waals surface area (Å²) < 4.78 is 10.7. The molecule has 0 saturated carbocycles. The molecule has 3 nitrogen and oxygen atoms in total. The Hall–Kier alpha value is -1.58. The van der Waals surface area contributed by atoms with E-state index in [1.807, 2.05) is 18.2 Å². The van der Waals surface area contributed by atoms with Gasteiger partial charge < -0.3 is 14.5 Å². The Bertz CT molecular complexity index is 495. The van der Waals surface area contributed by atoms with Crippen molar-refractivity contribution in [2.45, 2.75) is 6.92 Å². The highest BCUT2D eigenvalue weighted by Crippen LogP contribution is 2.20. The molecule has 0 aliphatic carbocycles. The van der Waals surface area contributed by atoms with Crippen LogP contribution in [0.5, 0.6) is 0 Å². The van der Waals surface area contributed by atoms with Crippen molar-refractivity contribution in [1.82, 2.24) is 5.32 Å². The molecule has 2 rings (SSSR count). The predicted molar refractivity (Wildman–Crippen MR) is 74.6 cm³/mol. The van der Waals surface area contributed by atoms with Crippen LogP contribution in [0.3, 0.4) is 0 Å². The second kappa shape index (κ2) is 6.38. The van der Waals surface area contributed by atoms with Crippen LogP contribution in [0.4, 0.5) is 0 Å². The molecule has 0 spiro atoms. The molecule has 0 unspecified atom stereocenters. The Morgan fingerprint density at radius 3 is 3.00 bits per heavy atom. The molecule has 96 valence electrons. The van der Waals surface area contributed by atoms with Crippen LogP contribution in [-0.2, 0) is 4.74 Å². The molecule has 1 heterocycles. The van der Waals surface area contributed by atoms with Gasteiger partial charge in [-0.15, -0.1) is 0 Å². The number of nitrogens with one attached hydrogen (secondary N) is 1. The summed E-state index contributed by atoms with van der Waals surface area (Å²) in [4.78, 5) is 0. The Kier molecular flexibility index (Phi) is 4.56. The normalized spacial score (nSPS) is 12.2. The van der Waals surface area contributed by atoms with E-state index >= 15 is 0 Å². The fraction of sp³-hybridized carbons (Fsp3) is 0.333. The number of methoxy groups -OCH3 is 1. The van der Waals surface area contributed by atoms with Crippen molar-refractivity contribution in [1.29, 1.82) is 0 Å². The lowest BCUT2D eigenvalue weighted by atomic mass is 10.2.